The highest BCUT2D eigenvalue weighted by Gasteiger charge is 2.09. The summed E-state index contributed by atoms with van der Waals surface area (Å²) in [7, 11) is 1.76. The third-order valence-electron chi connectivity index (χ3n) is 4.40. The van der Waals surface area contributed by atoms with Gasteiger partial charge in [-0.2, -0.15) is 0 Å². The summed E-state index contributed by atoms with van der Waals surface area (Å²) in [4.78, 5) is 12.1. The lowest BCUT2D eigenvalue weighted by Gasteiger charge is -2.10. The number of aromatic nitrogens is 2. The number of hydrogen-bond donors (Lipinski definition) is 3. The van der Waals surface area contributed by atoms with Gasteiger partial charge in [-0.3, -0.25) is 4.99 Å². The molecule has 0 amide bonds. The van der Waals surface area contributed by atoms with Gasteiger partial charge < -0.3 is 20.0 Å². The van der Waals surface area contributed by atoms with Gasteiger partial charge in [0.15, 0.2) is 5.96 Å². The normalized spacial score (nSPS) is 11.5. The van der Waals surface area contributed by atoms with Crippen molar-refractivity contribution in [1.82, 2.24) is 20.6 Å². The zero-order valence-corrected chi connectivity index (χ0v) is 18.0. The molecular formula is C19H26IN5O. The van der Waals surface area contributed by atoms with Gasteiger partial charge in [0.05, 0.1) is 12.2 Å². The lowest BCUT2D eigenvalue weighted by Crippen LogP contribution is -2.38. The van der Waals surface area contributed by atoms with Crippen molar-refractivity contribution in [2.45, 2.75) is 33.7 Å². The maximum Gasteiger partial charge on any atom is 0.214 e. The Labute approximate surface area is 170 Å². The summed E-state index contributed by atoms with van der Waals surface area (Å²) in [5.41, 5.74) is 4.68. The minimum absolute atomic E-state index is 0. The summed E-state index contributed by atoms with van der Waals surface area (Å²) in [6.45, 7) is 7.30. The molecule has 0 saturated heterocycles. The molecule has 2 aromatic heterocycles. The average molecular weight is 467 g/mol. The molecule has 0 aliphatic carbocycles. The van der Waals surface area contributed by atoms with E-state index in [-0.39, 0.29) is 24.0 Å². The van der Waals surface area contributed by atoms with Gasteiger partial charge in [-0.1, -0.05) is 18.2 Å². The van der Waals surface area contributed by atoms with Crippen LogP contribution in [-0.2, 0) is 13.0 Å². The van der Waals surface area contributed by atoms with E-state index < -0.39 is 0 Å². The molecule has 26 heavy (non-hydrogen) atoms. The number of nitrogens with zero attached hydrogens (tertiary/aromatic N) is 2. The highest BCUT2D eigenvalue weighted by atomic mass is 127. The Morgan fingerprint density at radius 1 is 1.19 bits per heavy atom. The van der Waals surface area contributed by atoms with Crippen molar-refractivity contribution in [3.63, 3.8) is 0 Å². The summed E-state index contributed by atoms with van der Waals surface area (Å²) >= 11 is 0. The number of aromatic amines is 1. The first kappa shape index (κ1) is 20.3. The fourth-order valence-corrected chi connectivity index (χ4v) is 2.96. The van der Waals surface area contributed by atoms with Crippen LogP contribution in [0.4, 0.5) is 0 Å². The number of rotatable bonds is 5. The number of fused-ring (bicyclic) bond motifs is 1. The quantitative estimate of drug-likeness (QED) is 0.305. The summed E-state index contributed by atoms with van der Waals surface area (Å²) in [5, 5.41) is 7.87. The van der Waals surface area contributed by atoms with Crippen LogP contribution in [0.5, 0.6) is 0 Å². The van der Waals surface area contributed by atoms with Crippen LogP contribution in [0, 0.1) is 20.8 Å². The van der Waals surface area contributed by atoms with Gasteiger partial charge in [0.1, 0.15) is 5.76 Å². The first-order valence-corrected chi connectivity index (χ1v) is 8.52. The molecule has 140 valence electrons. The number of aryl methyl sites for hydroxylation is 3. The number of guanidine groups is 1. The lowest BCUT2D eigenvalue weighted by atomic mass is 10.1. The highest BCUT2D eigenvalue weighted by molar-refractivity contribution is 14.0. The van der Waals surface area contributed by atoms with Gasteiger partial charge in [-0.15, -0.1) is 24.0 Å². The molecule has 0 aliphatic heterocycles. The average Bonchev–Trinajstić information content (AvgIpc) is 3.09. The molecule has 0 saturated carbocycles. The molecule has 6 nitrogen and oxygen atoms in total. The first-order chi connectivity index (χ1) is 12.1. The van der Waals surface area contributed by atoms with Crippen molar-refractivity contribution in [2.24, 2.45) is 4.99 Å². The number of nitrogens with one attached hydrogen (secondary N) is 3. The first-order valence-electron chi connectivity index (χ1n) is 8.52. The molecule has 0 fully saturated rings. The molecular weight excluding hydrogens is 441 g/mol. The van der Waals surface area contributed by atoms with Crippen LogP contribution in [0.3, 0.4) is 0 Å². The molecule has 3 N–H and O–H groups in total. The van der Waals surface area contributed by atoms with Crippen LogP contribution >= 0.6 is 24.0 Å². The third-order valence-corrected chi connectivity index (χ3v) is 4.40. The fourth-order valence-electron chi connectivity index (χ4n) is 2.96. The van der Waals surface area contributed by atoms with Gasteiger partial charge in [0, 0.05) is 30.2 Å². The van der Waals surface area contributed by atoms with Gasteiger partial charge in [-0.05, 0) is 38.8 Å². The minimum Gasteiger partial charge on any atom is -0.444 e. The lowest BCUT2D eigenvalue weighted by molar-refractivity contribution is 0.464. The number of para-hydroxylation sites is 1. The number of oxazole rings is 1. The van der Waals surface area contributed by atoms with Crippen LogP contribution in [0.2, 0.25) is 0 Å². The summed E-state index contributed by atoms with van der Waals surface area (Å²) in [6.07, 6.45) is 0.924. The summed E-state index contributed by atoms with van der Waals surface area (Å²) < 4.78 is 5.58. The van der Waals surface area contributed by atoms with E-state index in [0.29, 0.717) is 12.4 Å². The van der Waals surface area contributed by atoms with Gasteiger partial charge >= 0.3 is 0 Å². The molecule has 7 heteroatoms. The molecule has 2 heterocycles. The standard InChI is InChI=1S/C19H25N5O.HI/c1-12-14(3)25-18(24-12)11-22-19(20-4)21-10-9-15-13(2)23-17-8-6-5-7-16(15)17;/h5-8,23H,9-11H2,1-4H3,(H2,20,21,22);1H. The van der Waals surface area contributed by atoms with E-state index in [2.05, 4.69) is 56.8 Å². The monoisotopic (exact) mass is 467 g/mol. The van der Waals surface area contributed by atoms with Crippen LogP contribution in [0.25, 0.3) is 10.9 Å². The largest absolute Gasteiger partial charge is 0.444 e. The molecule has 0 radical (unpaired) electrons. The third kappa shape index (κ3) is 4.57. The number of halogens is 1. The molecule has 0 aliphatic rings. The van der Waals surface area contributed by atoms with Gasteiger partial charge in [0.2, 0.25) is 5.89 Å². The van der Waals surface area contributed by atoms with Crippen molar-refractivity contribution in [3.8, 4) is 0 Å². The number of H-pyrrole nitrogens is 1. The zero-order valence-electron chi connectivity index (χ0n) is 15.6. The van der Waals surface area contributed by atoms with E-state index in [0.717, 1.165) is 30.4 Å². The smallest absolute Gasteiger partial charge is 0.214 e. The van der Waals surface area contributed by atoms with Crippen LogP contribution in [0.1, 0.15) is 28.6 Å². The summed E-state index contributed by atoms with van der Waals surface area (Å²) in [5.74, 6) is 2.27. The molecule has 0 spiro atoms. The Balaban J connectivity index is 0.00000243. The van der Waals surface area contributed by atoms with E-state index in [1.807, 2.05) is 13.8 Å². The molecule has 0 bridgehead atoms. The van der Waals surface area contributed by atoms with E-state index in [1.54, 1.807) is 7.05 Å². The second kappa shape index (κ2) is 9.07. The molecule has 3 aromatic rings. The van der Waals surface area contributed by atoms with Crippen LogP contribution < -0.4 is 10.6 Å². The highest BCUT2D eigenvalue weighted by Crippen LogP contribution is 2.21. The fraction of sp³-hybridized carbons (Fsp3) is 0.368. The second-order valence-corrected chi connectivity index (χ2v) is 6.13. The van der Waals surface area contributed by atoms with E-state index >= 15 is 0 Å². The summed E-state index contributed by atoms with van der Waals surface area (Å²) in [6, 6.07) is 8.40. The van der Waals surface area contributed by atoms with Crippen LogP contribution in [0.15, 0.2) is 33.7 Å². The number of aliphatic imine (C=N–C) groups is 1. The Bertz CT molecular complexity index is 877. The Kier molecular flexibility index (Phi) is 7.07. The van der Waals surface area contributed by atoms with Crippen molar-refractivity contribution in [2.75, 3.05) is 13.6 Å². The second-order valence-electron chi connectivity index (χ2n) is 6.13. The SMILES string of the molecule is CN=C(NCCc1c(C)[nH]c2ccccc12)NCc1nc(C)c(C)o1.I. The molecule has 3 rings (SSSR count). The molecule has 0 atom stereocenters. The molecule has 1 aromatic carbocycles. The topological polar surface area (TPSA) is 78.2 Å². The van der Waals surface area contributed by atoms with Crippen LogP contribution in [-0.4, -0.2) is 29.5 Å². The van der Waals surface area contributed by atoms with E-state index in [9.17, 15) is 0 Å². The Morgan fingerprint density at radius 2 is 1.96 bits per heavy atom. The van der Waals surface area contributed by atoms with Crippen molar-refractivity contribution >= 4 is 40.8 Å². The van der Waals surface area contributed by atoms with E-state index in [1.165, 1.54) is 22.2 Å². The minimum atomic E-state index is 0. The zero-order chi connectivity index (χ0) is 17.8. The van der Waals surface area contributed by atoms with Crippen molar-refractivity contribution < 1.29 is 4.42 Å². The molecule has 0 unspecified atom stereocenters. The van der Waals surface area contributed by atoms with E-state index in [4.69, 9.17) is 4.42 Å². The Hall–Kier alpha value is -2.03. The maximum absolute atomic E-state index is 5.58. The Morgan fingerprint density at radius 3 is 2.65 bits per heavy atom. The predicted molar refractivity (Wildman–Crippen MR) is 116 cm³/mol. The van der Waals surface area contributed by atoms with Gasteiger partial charge in [0.25, 0.3) is 0 Å². The van der Waals surface area contributed by atoms with Crippen molar-refractivity contribution in [3.05, 3.63) is 52.9 Å². The predicted octanol–water partition coefficient (Wildman–Crippen LogP) is 3.61. The number of hydrogen-bond acceptors (Lipinski definition) is 3. The maximum atomic E-state index is 5.58. The van der Waals surface area contributed by atoms with Crippen molar-refractivity contribution in [1.29, 1.82) is 0 Å². The number of benzene rings is 1. The van der Waals surface area contributed by atoms with Gasteiger partial charge in [-0.25, -0.2) is 4.98 Å².